The lowest BCUT2D eigenvalue weighted by molar-refractivity contribution is 0.0526. The summed E-state index contributed by atoms with van der Waals surface area (Å²) in [6.45, 7) is 7.71. The maximum Gasteiger partial charge on any atom is 0.338 e. The van der Waals surface area contributed by atoms with Crippen LogP contribution in [0, 0.1) is 5.41 Å². The van der Waals surface area contributed by atoms with Gasteiger partial charge >= 0.3 is 5.97 Å². The molecule has 0 bridgehead atoms. The maximum absolute atomic E-state index is 13.2. The summed E-state index contributed by atoms with van der Waals surface area (Å²) in [5.41, 5.74) is 0.887. The number of aromatic hydroxyl groups is 1. The van der Waals surface area contributed by atoms with E-state index >= 15 is 0 Å². The maximum atomic E-state index is 13.2. The van der Waals surface area contributed by atoms with Crippen molar-refractivity contribution < 1.29 is 14.6 Å². The van der Waals surface area contributed by atoms with E-state index < -0.39 is 5.97 Å². The first kappa shape index (κ1) is 24.2. The van der Waals surface area contributed by atoms with Crippen LogP contribution in [-0.4, -0.2) is 60.5 Å². The molecule has 0 radical (unpaired) electrons. The van der Waals surface area contributed by atoms with E-state index in [1.54, 1.807) is 55.6 Å². The molecule has 0 atom stereocenters. The van der Waals surface area contributed by atoms with Gasteiger partial charge in [0, 0.05) is 30.1 Å². The molecule has 0 aliphatic heterocycles. The molecule has 33 heavy (non-hydrogen) atoms. The average molecular weight is 450 g/mol. The first-order chi connectivity index (χ1) is 15.6. The third-order valence-corrected chi connectivity index (χ3v) is 5.22. The number of ether oxygens (including phenoxy) is 1. The standard InChI is InChI=1S/C26H31N3O4/c1-6-33-25(32)18-11-13-19(14-12-18)29-23(30)21-10-8-7-9-20(21)22(24(29)31)15-27-16-26(2,3)17-28(4)5/h7-15,31H,6,16-17H2,1-5H3. The highest BCUT2D eigenvalue weighted by Crippen LogP contribution is 2.26. The van der Waals surface area contributed by atoms with Gasteiger partial charge in [-0.1, -0.05) is 32.0 Å². The van der Waals surface area contributed by atoms with Crippen LogP contribution in [0.25, 0.3) is 16.5 Å². The number of carbonyl (C=O) groups excluding carboxylic acids is 1. The highest BCUT2D eigenvalue weighted by molar-refractivity contribution is 6.01. The topological polar surface area (TPSA) is 84.1 Å². The zero-order valence-electron chi connectivity index (χ0n) is 19.8. The van der Waals surface area contributed by atoms with Gasteiger partial charge in [0.05, 0.1) is 23.4 Å². The van der Waals surface area contributed by atoms with E-state index in [1.165, 1.54) is 4.57 Å². The van der Waals surface area contributed by atoms with Crippen LogP contribution < -0.4 is 5.56 Å². The molecule has 1 aromatic heterocycles. The Labute approximate surface area is 194 Å². The molecule has 0 amide bonds. The summed E-state index contributed by atoms with van der Waals surface area (Å²) in [7, 11) is 4.04. The van der Waals surface area contributed by atoms with Gasteiger partial charge in [0.15, 0.2) is 0 Å². The number of esters is 1. The molecule has 3 rings (SSSR count). The second kappa shape index (κ2) is 10.0. The summed E-state index contributed by atoms with van der Waals surface area (Å²) in [6.07, 6.45) is 1.64. The normalized spacial score (nSPS) is 12.1. The van der Waals surface area contributed by atoms with Gasteiger partial charge in [-0.05, 0) is 56.8 Å². The fraction of sp³-hybridized carbons (Fsp3) is 0.346. The second-order valence-electron chi connectivity index (χ2n) is 9.06. The van der Waals surface area contributed by atoms with E-state index in [4.69, 9.17) is 4.74 Å². The molecule has 3 aromatic rings. The van der Waals surface area contributed by atoms with Crippen molar-refractivity contribution in [3.63, 3.8) is 0 Å². The van der Waals surface area contributed by atoms with Gasteiger partial charge in [-0.2, -0.15) is 0 Å². The molecule has 0 spiro atoms. The van der Waals surface area contributed by atoms with Gasteiger partial charge in [-0.3, -0.25) is 9.79 Å². The van der Waals surface area contributed by atoms with Crippen molar-refractivity contribution in [2.45, 2.75) is 20.8 Å². The summed E-state index contributed by atoms with van der Waals surface area (Å²) in [6, 6.07) is 13.5. The molecule has 2 aromatic carbocycles. The van der Waals surface area contributed by atoms with E-state index in [9.17, 15) is 14.7 Å². The Morgan fingerprint density at radius 1 is 1.12 bits per heavy atom. The summed E-state index contributed by atoms with van der Waals surface area (Å²) >= 11 is 0. The van der Waals surface area contributed by atoms with Crippen LogP contribution in [0.1, 0.15) is 36.7 Å². The Balaban J connectivity index is 2.08. The lowest BCUT2D eigenvalue weighted by Crippen LogP contribution is -2.31. The number of aliphatic imine (C=N–C) groups is 1. The third-order valence-electron chi connectivity index (χ3n) is 5.22. The molecule has 1 heterocycles. The molecule has 7 heteroatoms. The predicted octanol–water partition coefficient (Wildman–Crippen LogP) is 3.88. The Morgan fingerprint density at radius 2 is 1.76 bits per heavy atom. The minimum absolute atomic E-state index is 0.0528. The number of carbonyl (C=O) groups is 1. The largest absolute Gasteiger partial charge is 0.494 e. The highest BCUT2D eigenvalue weighted by atomic mass is 16.5. The van der Waals surface area contributed by atoms with Gasteiger partial charge < -0.3 is 14.7 Å². The van der Waals surface area contributed by atoms with Crippen LogP contribution >= 0.6 is 0 Å². The third kappa shape index (κ3) is 5.49. The van der Waals surface area contributed by atoms with Crippen molar-refractivity contribution in [2.75, 3.05) is 33.8 Å². The van der Waals surface area contributed by atoms with E-state index in [0.29, 0.717) is 34.1 Å². The number of nitrogens with zero attached hydrogens (tertiary/aromatic N) is 3. The first-order valence-electron chi connectivity index (χ1n) is 10.9. The number of fused-ring (bicyclic) bond motifs is 1. The van der Waals surface area contributed by atoms with Crippen molar-refractivity contribution >= 4 is 23.0 Å². The minimum Gasteiger partial charge on any atom is -0.494 e. The molecule has 0 unspecified atom stereocenters. The molecule has 0 saturated heterocycles. The first-order valence-corrected chi connectivity index (χ1v) is 10.9. The number of aromatic nitrogens is 1. The van der Waals surface area contributed by atoms with Crippen LogP contribution in [0.15, 0.2) is 58.3 Å². The smallest absolute Gasteiger partial charge is 0.338 e. The van der Waals surface area contributed by atoms with Crippen LogP contribution in [0.3, 0.4) is 0 Å². The Bertz CT molecular complexity index is 1220. The van der Waals surface area contributed by atoms with Gasteiger partial charge in [-0.15, -0.1) is 0 Å². The number of hydrogen-bond donors (Lipinski definition) is 1. The lowest BCUT2D eigenvalue weighted by Gasteiger charge is -2.26. The Hall–Kier alpha value is -3.45. The average Bonchev–Trinajstić information content (AvgIpc) is 2.76. The Kier molecular flexibility index (Phi) is 7.33. The van der Waals surface area contributed by atoms with Gasteiger partial charge in [0.1, 0.15) is 0 Å². The molecule has 0 aliphatic rings. The number of hydrogen-bond acceptors (Lipinski definition) is 6. The fourth-order valence-corrected chi connectivity index (χ4v) is 3.98. The van der Waals surface area contributed by atoms with E-state index in [0.717, 1.165) is 6.54 Å². The molecule has 174 valence electrons. The van der Waals surface area contributed by atoms with Crippen LogP contribution in [-0.2, 0) is 4.74 Å². The van der Waals surface area contributed by atoms with E-state index in [1.807, 2.05) is 20.2 Å². The van der Waals surface area contributed by atoms with Crippen molar-refractivity contribution in [3.8, 4) is 11.6 Å². The summed E-state index contributed by atoms with van der Waals surface area (Å²) in [4.78, 5) is 31.9. The lowest BCUT2D eigenvalue weighted by atomic mass is 9.93. The van der Waals surface area contributed by atoms with Crippen molar-refractivity contribution in [3.05, 3.63) is 70.0 Å². The van der Waals surface area contributed by atoms with Gasteiger partial charge in [0.25, 0.3) is 5.56 Å². The van der Waals surface area contributed by atoms with E-state index in [2.05, 4.69) is 23.7 Å². The summed E-state index contributed by atoms with van der Waals surface area (Å²) in [5.74, 6) is -0.635. The highest BCUT2D eigenvalue weighted by Gasteiger charge is 2.19. The zero-order valence-corrected chi connectivity index (χ0v) is 19.8. The summed E-state index contributed by atoms with van der Waals surface area (Å²) in [5, 5.41) is 12.2. The second-order valence-corrected chi connectivity index (χ2v) is 9.06. The van der Waals surface area contributed by atoms with Crippen LogP contribution in [0.4, 0.5) is 0 Å². The molecule has 0 fully saturated rings. The van der Waals surface area contributed by atoms with Gasteiger partial charge in [0.2, 0.25) is 5.88 Å². The van der Waals surface area contributed by atoms with Crippen molar-refractivity contribution in [1.82, 2.24) is 9.47 Å². The molecule has 7 nitrogen and oxygen atoms in total. The molecule has 0 aliphatic carbocycles. The minimum atomic E-state index is -0.438. The van der Waals surface area contributed by atoms with Crippen LogP contribution in [0.5, 0.6) is 5.88 Å². The molecular formula is C26H31N3O4. The number of pyridine rings is 1. The Morgan fingerprint density at radius 3 is 2.36 bits per heavy atom. The molecule has 0 saturated carbocycles. The van der Waals surface area contributed by atoms with Crippen LogP contribution in [0.2, 0.25) is 0 Å². The molecule has 1 N–H and O–H groups in total. The van der Waals surface area contributed by atoms with Gasteiger partial charge in [-0.25, -0.2) is 9.36 Å². The summed E-state index contributed by atoms with van der Waals surface area (Å²) < 4.78 is 6.26. The monoisotopic (exact) mass is 449 g/mol. The van der Waals surface area contributed by atoms with E-state index in [-0.39, 0.29) is 23.5 Å². The predicted molar refractivity (Wildman–Crippen MR) is 132 cm³/mol. The zero-order chi connectivity index (χ0) is 24.2. The van der Waals surface area contributed by atoms with Crippen molar-refractivity contribution in [1.29, 1.82) is 0 Å². The SMILES string of the molecule is CCOC(=O)c1ccc(-n2c(O)c(C=NCC(C)(C)CN(C)C)c3ccccc3c2=O)cc1. The molecular weight excluding hydrogens is 418 g/mol. The fourth-order valence-electron chi connectivity index (χ4n) is 3.98. The number of benzene rings is 2. The van der Waals surface area contributed by atoms with Crippen molar-refractivity contribution in [2.24, 2.45) is 10.4 Å². The quantitative estimate of drug-likeness (QED) is 0.417. The number of rotatable bonds is 8.